The summed E-state index contributed by atoms with van der Waals surface area (Å²) in [5, 5.41) is 3.52. The zero-order chi connectivity index (χ0) is 27.7. The van der Waals surface area contributed by atoms with Gasteiger partial charge < -0.3 is 16.0 Å². The largest absolute Gasteiger partial charge is 0.370 e. The molecule has 1 heterocycles. The van der Waals surface area contributed by atoms with Crippen LogP contribution in [0.3, 0.4) is 0 Å². The Balaban J connectivity index is 1.57. The molecule has 1 fully saturated rings. The summed E-state index contributed by atoms with van der Waals surface area (Å²) in [4.78, 5) is 27.6. The maximum atomic E-state index is 13.8. The number of carbonyl (C=O) groups is 2. The fourth-order valence-corrected chi connectivity index (χ4v) is 7.04. The van der Waals surface area contributed by atoms with Crippen LogP contribution in [0.1, 0.15) is 68.3 Å². The van der Waals surface area contributed by atoms with Gasteiger partial charge >= 0.3 is 0 Å². The van der Waals surface area contributed by atoms with E-state index in [1.165, 1.54) is 23.3 Å². The van der Waals surface area contributed by atoms with Crippen LogP contribution < -0.4 is 11.1 Å². The summed E-state index contributed by atoms with van der Waals surface area (Å²) in [6.45, 7) is 10.5. The first-order valence-electron chi connectivity index (χ1n) is 13.4. The number of nitrogens with two attached hydrogens (primary N) is 1. The number of hydrogen-bond acceptors (Lipinski definition) is 5. The highest BCUT2D eigenvalue weighted by atomic mass is 32.2. The van der Waals surface area contributed by atoms with Crippen molar-refractivity contribution in [1.29, 1.82) is 0 Å². The number of fused-ring (bicyclic) bond motifs is 1. The molecule has 0 spiro atoms. The lowest BCUT2D eigenvalue weighted by atomic mass is 9.85. The summed E-state index contributed by atoms with van der Waals surface area (Å²) in [5.41, 5.74) is 10.2. The van der Waals surface area contributed by atoms with Gasteiger partial charge in [-0.25, -0.2) is 8.42 Å². The highest BCUT2D eigenvalue weighted by Gasteiger charge is 2.45. The quantitative estimate of drug-likeness (QED) is 0.534. The van der Waals surface area contributed by atoms with E-state index in [4.69, 9.17) is 5.73 Å². The Bertz CT molecular complexity index is 1280. The average molecular weight is 541 g/mol. The number of rotatable bonds is 8. The topological polar surface area (TPSA) is 113 Å². The van der Waals surface area contributed by atoms with Gasteiger partial charge in [-0.3, -0.25) is 9.59 Å². The second-order valence-electron chi connectivity index (χ2n) is 11.8. The minimum atomic E-state index is -3.98. The standard InChI is InChI=1S/C29H40N4O4S/c1-20-8-11-23(12-9-20)38(36,37)33-15-14-32(28(35)26(33)17-27(30)34)25-7-5-6-22-16-21(10-13-24(22)25)18-31-19-29(2,3)4/h8-13,16,25-26,31H,5-7,14-15,17-19H2,1-4H3,(H2,30,34)/t25-,26?/m1/s1. The number of carbonyl (C=O) groups excluding carboxylic acids is 2. The highest BCUT2D eigenvalue weighted by Crippen LogP contribution is 2.37. The van der Waals surface area contributed by atoms with Gasteiger partial charge in [-0.05, 0) is 60.4 Å². The number of primary amides is 1. The Kier molecular flexibility index (Phi) is 8.30. The number of sulfonamides is 1. The van der Waals surface area contributed by atoms with Crippen molar-refractivity contribution in [3.63, 3.8) is 0 Å². The van der Waals surface area contributed by atoms with Gasteiger partial charge in [-0.15, -0.1) is 0 Å². The number of nitrogens with one attached hydrogen (secondary N) is 1. The fourth-order valence-electron chi connectivity index (χ4n) is 5.47. The van der Waals surface area contributed by atoms with E-state index in [0.29, 0.717) is 0 Å². The van der Waals surface area contributed by atoms with Crippen LogP contribution in [0, 0.1) is 12.3 Å². The van der Waals surface area contributed by atoms with Crippen LogP contribution in [-0.2, 0) is 32.6 Å². The molecule has 1 unspecified atom stereocenters. The van der Waals surface area contributed by atoms with Crippen molar-refractivity contribution in [1.82, 2.24) is 14.5 Å². The number of amides is 2. The molecule has 1 aliphatic carbocycles. The van der Waals surface area contributed by atoms with Gasteiger partial charge in [-0.1, -0.05) is 56.7 Å². The predicted octanol–water partition coefficient (Wildman–Crippen LogP) is 3.29. The van der Waals surface area contributed by atoms with E-state index in [1.807, 2.05) is 6.92 Å². The van der Waals surface area contributed by atoms with E-state index in [9.17, 15) is 18.0 Å². The fraction of sp³-hybridized carbons (Fsp3) is 0.517. The second-order valence-corrected chi connectivity index (χ2v) is 13.6. The molecule has 0 bridgehead atoms. The zero-order valence-corrected chi connectivity index (χ0v) is 23.7. The second kappa shape index (κ2) is 11.2. The number of aryl methyl sites for hydroxylation is 2. The van der Waals surface area contributed by atoms with Crippen molar-refractivity contribution in [2.45, 2.75) is 76.9 Å². The van der Waals surface area contributed by atoms with E-state index in [-0.39, 0.29) is 41.8 Å². The molecule has 2 aromatic carbocycles. The Morgan fingerprint density at radius 2 is 1.82 bits per heavy atom. The number of hydrogen-bond donors (Lipinski definition) is 2. The molecule has 2 atom stereocenters. The summed E-state index contributed by atoms with van der Waals surface area (Å²) in [5.74, 6) is -1.06. The van der Waals surface area contributed by atoms with Gasteiger partial charge in [0.15, 0.2) is 0 Å². The van der Waals surface area contributed by atoms with Crippen LogP contribution in [0.4, 0.5) is 0 Å². The molecule has 0 radical (unpaired) electrons. The number of nitrogens with zero attached hydrogens (tertiary/aromatic N) is 2. The van der Waals surface area contributed by atoms with Gasteiger partial charge in [0.2, 0.25) is 21.8 Å². The summed E-state index contributed by atoms with van der Waals surface area (Å²) < 4.78 is 28.2. The lowest BCUT2D eigenvalue weighted by Gasteiger charge is -2.44. The van der Waals surface area contributed by atoms with Crippen molar-refractivity contribution >= 4 is 21.8 Å². The molecule has 0 aromatic heterocycles. The highest BCUT2D eigenvalue weighted by molar-refractivity contribution is 7.89. The molecule has 3 N–H and O–H groups in total. The van der Waals surface area contributed by atoms with Gasteiger partial charge in [0.05, 0.1) is 17.4 Å². The molecular weight excluding hydrogens is 500 g/mol. The Labute approximate surface area is 226 Å². The van der Waals surface area contributed by atoms with Crippen LogP contribution >= 0.6 is 0 Å². The van der Waals surface area contributed by atoms with Crippen LogP contribution in [0.25, 0.3) is 0 Å². The molecular formula is C29H40N4O4S. The van der Waals surface area contributed by atoms with Crippen LogP contribution in [0.2, 0.25) is 0 Å². The van der Waals surface area contributed by atoms with Gasteiger partial charge in [0.1, 0.15) is 6.04 Å². The van der Waals surface area contributed by atoms with Crippen molar-refractivity contribution in [2.75, 3.05) is 19.6 Å². The molecule has 1 aliphatic heterocycles. The molecule has 1 saturated heterocycles. The van der Waals surface area contributed by atoms with E-state index >= 15 is 0 Å². The Morgan fingerprint density at radius 1 is 1.11 bits per heavy atom. The molecule has 2 aromatic rings. The first kappa shape index (κ1) is 28.3. The summed E-state index contributed by atoms with van der Waals surface area (Å²) in [7, 11) is -3.98. The van der Waals surface area contributed by atoms with E-state index < -0.39 is 22.0 Å². The monoisotopic (exact) mass is 540 g/mol. The Morgan fingerprint density at radius 3 is 2.47 bits per heavy atom. The number of benzene rings is 2. The third-order valence-electron chi connectivity index (χ3n) is 7.35. The molecule has 4 rings (SSSR count). The predicted molar refractivity (Wildman–Crippen MR) is 148 cm³/mol. The van der Waals surface area contributed by atoms with Gasteiger partial charge in [-0.2, -0.15) is 4.31 Å². The van der Waals surface area contributed by atoms with Crippen molar-refractivity contribution < 1.29 is 18.0 Å². The van der Waals surface area contributed by atoms with E-state index in [2.05, 4.69) is 44.3 Å². The minimum absolute atomic E-state index is 0.106. The average Bonchev–Trinajstić information content (AvgIpc) is 2.84. The molecule has 0 saturated carbocycles. The third-order valence-corrected chi connectivity index (χ3v) is 9.27. The molecule has 38 heavy (non-hydrogen) atoms. The molecule has 9 heteroatoms. The first-order valence-corrected chi connectivity index (χ1v) is 14.8. The van der Waals surface area contributed by atoms with Crippen molar-refractivity contribution in [2.24, 2.45) is 11.1 Å². The maximum absolute atomic E-state index is 13.8. The molecule has 2 amide bonds. The maximum Gasteiger partial charge on any atom is 0.243 e. The lowest BCUT2D eigenvalue weighted by molar-refractivity contribution is -0.144. The van der Waals surface area contributed by atoms with E-state index in [0.717, 1.165) is 47.8 Å². The smallest absolute Gasteiger partial charge is 0.243 e. The van der Waals surface area contributed by atoms with Crippen molar-refractivity contribution in [3.8, 4) is 0 Å². The normalized spacial score (nSPS) is 20.8. The van der Waals surface area contributed by atoms with E-state index in [1.54, 1.807) is 17.0 Å². The SMILES string of the molecule is Cc1ccc(S(=O)(=O)N2CCN([C@@H]3CCCc4cc(CNCC(C)(C)C)ccc43)C(=O)C2CC(N)=O)cc1. The minimum Gasteiger partial charge on any atom is -0.370 e. The molecule has 2 aliphatic rings. The number of piperazine rings is 1. The summed E-state index contributed by atoms with van der Waals surface area (Å²) >= 11 is 0. The molecule has 8 nitrogen and oxygen atoms in total. The van der Waals surface area contributed by atoms with Crippen LogP contribution in [0.5, 0.6) is 0 Å². The Hall–Kier alpha value is -2.75. The summed E-state index contributed by atoms with van der Waals surface area (Å²) in [6.07, 6.45) is 2.33. The zero-order valence-electron chi connectivity index (χ0n) is 22.9. The van der Waals surface area contributed by atoms with Gasteiger partial charge in [0, 0.05) is 26.2 Å². The molecule has 206 valence electrons. The first-order chi connectivity index (χ1) is 17.9. The van der Waals surface area contributed by atoms with Crippen LogP contribution in [-0.4, -0.2) is 55.1 Å². The third kappa shape index (κ3) is 6.27. The van der Waals surface area contributed by atoms with Gasteiger partial charge in [0.25, 0.3) is 0 Å². The summed E-state index contributed by atoms with van der Waals surface area (Å²) in [6, 6.07) is 11.7. The van der Waals surface area contributed by atoms with Crippen molar-refractivity contribution in [3.05, 3.63) is 64.7 Å². The van der Waals surface area contributed by atoms with Crippen LogP contribution in [0.15, 0.2) is 47.4 Å². The lowest BCUT2D eigenvalue weighted by Crippen LogP contribution is -2.60.